The van der Waals surface area contributed by atoms with Crippen LogP contribution >= 0.6 is 11.3 Å². The lowest BCUT2D eigenvalue weighted by Crippen LogP contribution is -2.46. The Morgan fingerprint density at radius 1 is 0.923 bits per heavy atom. The van der Waals surface area contributed by atoms with Gasteiger partial charge in [-0.1, -0.05) is 0 Å². The molecule has 2 aromatic heterocycles. The Balaban J connectivity index is 1.75. The quantitative estimate of drug-likeness (QED) is 0.216. The van der Waals surface area contributed by atoms with E-state index in [1.54, 1.807) is 0 Å². The van der Waals surface area contributed by atoms with Crippen LogP contribution in [0.2, 0.25) is 0 Å². The second-order valence-corrected chi connectivity index (χ2v) is 10.6. The number of thiophene rings is 1. The Kier molecular flexibility index (Phi) is 5.12. The fourth-order valence-electron chi connectivity index (χ4n) is 5.73. The number of nitrogens with zero attached hydrogens (tertiary/aromatic N) is 1. The maximum Gasteiger partial charge on any atom is 0.259 e. The normalized spacial score (nSPS) is 23.5. The molecule has 3 N–H and O–H groups in total. The van der Waals surface area contributed by atoms with Crippen molar-refractivity contribution in [3.63, 3.8) is 0 Å². The lowest BCUT2D eigenvalue weighted by Gasteiger charge is -2.37. The van der Waals surface area contributed by atoms with E-state index in [1.807, 2.05) is 0 Å². The third-order valence-corrected chi connectivity index (χ3v) is 8.53. The van der Waals surface area contributed by atoms with Gasteiger partial charge in [-0.15, -0.1) is 11.3 Å². The van der Waals surface area contributed by atoms with Crippen molar-refractivity contribution in [1.82, 2.24) is 9.88 Å². The van der Waals surface area contributed by atoms with Gasteiger partial charge < -0.3 is 19.5 Å². The zero-order valence-electron chi connectivity index (χ0n) is 19.4. The van der Waals surface area contributed by atoms with Crippen LogP contribution in [0.1, 0.15) is 33.4 Å². The van der Waals surface area contributed by atoms with E-state index in [-0.39, 0.29) is 59.5 Å². The standard InChI is InChI=1S/C26H15F5N2O5S/c27-6-7-1-15(34)22(35)26(38-7)33-14-4-12(30)10(28)2-8(14)17-19-20(25(37)32-24(19)36)18-9-3-11(29)13(31)5-16(9)39-23(18)21(17)33/h2-5,7,15,22,26,34-35H,1,6H2,(H,32,36,37)/t7-,15-,22+,26+/m0/s1. The first kappa shape index (κ1) is 24.4. The highest BCUT2D eigenvalue weighted by Gasteiger charge is 2.42. The Morgan fingerprint density at radius 2 is 1.54 bits per heavy atom. The minimum Gasteiger partial charge on any atom is -0.390 e. The van der Waals surface area contributed by atoms with E-state index in [2.05, 4.69) is 5.32 Å². The van der Waals surface area contributed by atoms with Gasteiger partial charge in [0.05, 0.1) is 39.1 Å². The first-order valence-corrected chi connectivity index (χ1v) is 12.6. The number of aromatic nitrogens is 1. The van der Waals surface area contributed by atoms with Crippen molar-refractivity contribution in [1.29, 1.82) is 0 Å². The molecule has 2 aliphatic rings. The van der Waals surface area contributed by atoms with E-state index in [0.29, 0.717) is 0 Å². The number of aliphatic hydroxyl groups is 2. The Bertz CT molecular complexity index is 1940. The molecule has 1 saturated heterocycles. The van der Waals surface area contributed by atoms with Crippen LogP contribution < -0.4 is 5.32 Å². The summed E-state index contributed by atoms with van der Waals surface area (Å²) in [7, 11) is 0. The van der Waals surface area contributed by atoms with Gasteiger partial charge in [-0.3, -0.25) is 14.9 Å². The van der Waals surface area contributed by atoms with Crippen molar-refractivity contribution in [3.05, 3.63) is 58.7 Å². The fraction of sp³-hybridized carbons (Fsp3) is 0.231. The molecule has 7 rings (SSSR count). The summed E-state index contributed by atoms with van der Waals surface area (Å²) < 4.78 is 78.8. The van der Waals surface area contributed by atoms with E-state index in [4.69, 9.17) is 4.74 Å². The van der Waals surface area contributed by atoms with Gasteiger partial charge in [-0.05, 0) is 18.2 Å². The van der Waals surface area contributed by atoms with E-state index < -0.39 is 66.3 Å². The Hall–Kier alpha value is -3.65. The molecule has 0 spiro atoms. The van der Waals surface area contributed by atoms with E-state index >= 15 is 0 Å². The number of amides is 2. The lowest BCUT2D eigenvalue weighted by atomic mass is 9.96. The highest BCUT2D eigenvalue weighted by atomic mass is 32.1. The van der Waals surface area contributed by atoms with Crippen LogP contribution in [-0.4, -0.2) is 51.6 Å². The van der Waals surface area contributed by atoms with Crippen molar-refractivity contribution in [3.8, 4) is 0 Å². The number of aliphatic hydroxyl groups excluding tert-OH is 2. The highest BCUT2D eigenvalue weighted by molar-refractivity contribution is 7.26. The molecule has 3 aromatic carbocycles. The molecule has 4 atom stereocenters. The maximum atomic E-state index is 14.6. The zero-order valence-corrected chi connectivity index (χ0v) is 20.2. The molecule has 2 aliphatic heterocycles. The summed E-state index contributed by atoms with van der Waals surface area (Å²) in [6.45, 7) is -1.02. The predicted octanol–water partition coefficient (Wildman–Crippen LogP) is 4.58. The summed E-state index contributed by atoms with van der Waals surface area (Å²) in [5, 5.41) is 23.7. The minimum absolute atomic E-state index is 0.00471. The molecule has 2 amide bonds. The van der Waals surface area contributed by atoms with Crippen molar-refractivity contribution < 1.29 is 46.5 Å². The Labute approximate surface area is 218 Å². The molecule has 0 unspecified atom stereocenters. The number of imide groups is 1. The molecule has 4 heterocycles. The summed E-state index contributed by atoms with van der Waals surface area (Å²) in [4.78, 5) is 26.1. The molecule has 0 aliphatic carbocycles. The zero-order chi connectivity index (χ0) is 27.5. The number of ether oxygens (including phenoxy) is 1. The molecular formula is C26H15F5N2O5S. The van der Waals surface area contributed by atoms with E-state index in [9.17, 15) is 41.8 Å². The van der Waals surface area contributed by atoms with Crippen LogP contribution in [0.4, 0.5) is 22.0 Å². The molecule has 0 saturated carbocycles. The summed E-state index contributed by atoms with van der Waals surface area (Å²) in [6.07, 6.45) is -6.06. The SMILES string of the molecule is O=C1NC(=O)c2c1c1c3cc(F)c(F)cc3sc1c1c2c2cc(F)c(F)cc2n1[C@@H]1O[C@H](CF)C[C@H](O)[C@H]1O. The van der Waals surface area contributed by atoms with Crippen LogP contribution in [0.3, 0.4) is 0 Å². The lowest BCUT2D eigenvalue weighted by molar-refractivity contribution is -0.198. The average Bonchev–Trinajstić information content (AvgIpc) is 3.50. The summed E-state index contributed by atoms with van der Waals surface area (Å²) >= 11 is 0.914. The molecule has 0 bridgehead atoms. The van der Waals surface area contributed by atoms with Gasteiger partial charge >= 0.3 is 0 Å². The predicted molar refractivity (Wildman–Crippen MR) is 130 cm³/mol. The summed E-state index contributed by atoms with van der Waals surface area (Å²) in [5.41, 5.74) is -0.410. The third-order valence-electron chi connectivity index (χ3n) is 7.37. The molecule has 5 aromatic rings. The number of hydrogen-bond donors (Lipinski definition) is 3. The van der Waals surface area contributed by atoms with Crippen molar-refractivity contribution >= 4 is 65.1 Å². The third kappa shape index (κ3) is 3.18. The second kappa shape index (κ2) is 8.18. The first-order valence-electron chi connectivity index (χ1n) is 11.7. The highest BCUT2D eigenvalue weighted by Crippen LogP contribution is 2.49. The molecule has 1 fully saturated rings. The largest absolute Gasteiger partial charge is 0.390 e. The number of carbonyl (C=O) groups excluding carboxylic acids is 2. The number of nitrogens with one attached hydrogen (secondary N) is 1. The molecular weight excluding hydrogens is 547 g/mol. The smallest absolute Gasteiger partial charge is 0.259 e. The van der Waals surface area contributed by atoms with Crippen LogP contribution in [0.15, 0.2) is 24.3 Å². The maximum absolute atomic E-state index is 14.6. The topological polar surface area (TPSA) is 101 Å². The Morgan fingerprint density at radius 3 is 2.23 bits per heavy atom. The summed E-state index contributed by atoms with van der Waals surface area (Å²) in [5.74, 6) is -6.60. The molecule has 39 heavy (non-hydrogen) atoms. The fourth-order valence-corrected chi connectivity index (χ4v) is 6.99. The van der Waals surface area contributed by atoms with Gasteiger partial charge in [0.2, 0.25) is 0 Å². The first-order chi connectivity index (χ1) is 18.6. The van der Waals surface area contributed by atoms with Gasteiger partial charge in [0, 0.05) is 38.7 Å². The molecule has 0 radical (unpaired) electrons. The van der Waals surface area contributed by atoms with Crippen molar-refractivity contribution in [2.75, 3.05) is 6.67 Å². The molecule has 200 valence electrons. The number of hydrogen-bond acceptors (Lipinski definition) is 6. The van der Waals surface area contributed by atoms with E-state index in [1.165, 1.54) is 4.57 Å². The van der Waals surface area contributed by atoms with Crippen LogP contribution in [0.25, 0.3) is 42.0 Å². The van der Waals surface area contributed by atoms with Crippen LogP contribution in [0.5, 0.6) is 0 Å². The minimum atomic E-state index is -1.66. The monoisotopic (exact) mass is 562 g/mol. The number of halogens is 5. The number of alkyl halides is 1. The van der Waals surface area contributed by atoms with Gasteiger partial charge in [-0.25, -0.2) is 22.0 Å². The number of carbonyl (C=O) groups is 2. The van der Waals surface area contributed by atoms with Gasteiger partial charge in [0.25, 0.3) is 11.8 Å². The van der Waals surface area contributed by atoms with Crippen molar-refractivity contribution in [2.45, 2.75) is 31.0 Å². The van der Waals surface area contributed by atoms with Gasteiger partial charge in [-0.2, -0.15) is 0 Å². The van der Waals surface area contributed by atoms with E-state index in [0.717, 1.165) is 35.6 Å². The van der Waals surface area contributed by atoms with Gasteiger partial charge in [0.15, 0.2) is 29.5 Å². The second-order valence-electron chi connectivity index (χ2n) is 9.58. The number of benzene rings is 3. The van der Waals surface area contributed by atoms with Crippen LogP contribution in [-0.2, 0) is 4.74 Å². The number of fused-ring (bicyclic) bond motifs is 10. The molecule has 7 nitrogen and oxygen atoms in total. The van der Waals surface area contributed by atoms with Crippen LogP contribution in [0, 0.1) is 23.3 Å². The summed E-state index contributed by atoms with van der Waals surface area (Å²) in [6, 6.07) is 3.42. The average molecular weight is 562 g/mol. The number of rotatable bonds is 2. The molecule has 13 heteroatoms. The van der Waals surface area contributed by atoms with Crippen molar-refractivity contribution in [2.24, 2.45) is 0 Å². The van der Waals surface area contributed by atoms with Gasteiger partial charge in [0.1, 0.15) is 12.8 Å².